The van der Waals surface area contributed by atoms with E-state index in [-0.39, 0.29) is 0 Å². The molecule has 1 aromatic carbocycles. The standard InChI is InChI=1S/C14H20N4O2S/c1-4-12-16-17-14(21)18(12)15-9-10-7-6-8-11(19-3)13(10)20-5-2/h6-8,15H,4-5,9H2,1-3H3,(H,17,21). The van der Waals surface area contributed by atoms with Crippen molar-refractivity contribution in [2.24, 2.45) is 0 Å². The van der Waals surface area contributed by atoms with Gasteiger partial charge in [0.15, 0.2) is 17.3 Å². The summed E-state index contributed by atoms with van der Waals surface area (Å²) < 4.78 is 13.4. The summed E-state index contributed by atoms with van der Waals surface area (Å²) >= 11 is 5.21. The SMILES string of the molecule is CCOc1c(CNn2c(CC)n[nH]c2=S)cccc1OC. The van der Waals surface area contributed by atoms with Crippen LogP contribution < -0.4 is 14.9 Å². The highest BCUT2D eigenvalue weighted by atomic mass is 32.1. The monoisotopic (exact) mass is 308 g/mol. The Labute approximate surface area is 129 Å². The Balaban J connectivity index is 2.23. The van der Waals surface area contributed by atoms with Crippen LogP contribution in [0, 0.1) is 4.77 Å². The number of nitrogens with zero attached hydrogens (tertiary/aromatic N) is 2. The van der Waals surface area contributed by atoms with Crippen LogP contribution in [0.15, 0.2) is 18.2 Å². The van der Waals surface area contributed by atoms with Gasteiger partial charge >= 0.3 is 0 Å². The predicted octanol–water partition coefficient (Wildman–Crippen LogP) is 2.65. The molecule has 6 nitrogen and oxygen atoms in total. The number of aromatic nitrogens is 3. The van der Waals surface area contributed by atoms with Gasteiger partial charge in [-0.1, -0.05) is 19.1 Å². The number of hydrogen-bond acceptors (Lipinski definition) is 5. The molecule has 2 aromatic rings. The fraction of sp³-hybridized carbons (Fsp3) is 0.429. The van der Waals surface area contributed by atoms with Crippen molar-refractivity contribution in [2.45, 2.75) is 26.8 Å². The minimum absolute atomic E-state index is 0.549. The van der Waals surface area contributed by atoms with Gasteiger partial charge in [0.2, 0.25) is 4.77 Å². The van der Waals surface area contributed by atoms with Gasteiger partial charge in [0, 0.05) is 12.0 Å². The topological polar surface area (TPSA) is 64.1 Å². The summed E-state index contributed by atoms with van der Waals surface area (Å²) in [6.45, 7) is 5.12. The fourth-order valence-corrected chi connectivity index (χ4v) is 2.28. The third kappa shape index (κ3) is 3.36. The van der Waals surface area contributed by atoms with Gasteiger partial charge in [-0.2, -0.15) is 5.10 Å². The molecule has 0 saturated heterocycles. The van der Waals surface area contributed by atoms with Crippen LogP contribution in [0.3, 0.4) is 0 Å². The smallest absolute Gasteiger partial charge is 0.214 e. The van der Waals surface area contributed by atoms with E-state index in [2.05, 4.69) is 15.6 Å². The van der Waals surface area contributed by atoms with Gasteiger partial charge in [-0.15, -0.1) is 0 Å². The first-order valence-corrected chi connectivity index (χ1v) is 7.30. The number of rotatable bonds is 7. The average molecular weight is 308 g/mol. The van der Waals surface area contributed by atoms with Crippen molar-refractivity contribution in [3.05, 3.63) is 34.4 Å². The van der Waals surface area contributed by atoms with Gasteiger partial charge in [0.05, 0.1) is 20.3 Å². The maximum absolute atomic E-state index is 5.69. The number of H-pyrrole nitrogens is 1. The minimum Gasteiger partial charge on any atom is -0.493 e. The van der Waals surface area contributed by atoms with Gasteiger partial charge < -0.3 is 14.9 Å². The Morgan fingerprint density at radius 1 is 1.38 bits per heavy atom. The lowest BCUT2D eigenvalue weighted by atomic mass is 10.2. The second-order valence-corrected chi connectivity index (χ2v) is 4.74. The molecule has 0 radical (unpaired) electrons. The van der Waals surface area contributed by atoms with E-state index in [1.165, 1.54) is 0 Å². The molecule has 2 rings (SSSR count). The van der Waals surface area contributed by atoms with E-state index in [4.69, 9.17) is 21.7 Å². The van der Waals surface area contributed by atoms with Crippen molar-refractivity contribution >= 4 is 12.2 Å². The second kappa shape index (κ2) is 7.12. The van der Waals surface area contributed by atoms with Crippen LogP contribution >= 0.6 is 12.2 Å². The zero-order valence-electron chi connectivity index (χ0n) is 12.5. The third-order valence-electron chi connectivity index (χ3n) is 3.05. The maximum Gasteiger partial charge on any atom is 0.214 e. The lowest BCUT2D eigenvalue weighted by molar-refractivity contribution is 0.307. The number of aryl methyl sites for hydroxylation is 1. The van der Waals surface area contributed by atoms with Crippen molar-refractivity contribution in [3.8, 4) is 11.5 Å². The molecule has 1 heterocycles. The van der Waals surface area contributed by atoms with Crippen molar-refractivity contribution in [1.29, 1.82) is 0 Å². The summed E-state index contributed by atoms with van der Waals surface area (Å²) in [5.41, 5.74) is 4.26. The fourth-order valence-electron chi connectivity index (χ4n) is 2.06. The normalized spacial score (nSPS) is 10.4. The van der Waals surface area contributed by atoms with Crippen molar-refractivity contribution in [3.63, 3.8) is 0 Å². The number of nitrogens with one attached hydrogen (secondary N) is 2. The lowest BCUT2D eigenvalue weighted by Gasteiger charge is -2.15. The molecule has 114 valence electrons. The highest BCUT2D eigenvalue weighted by Crippen LogP contribution is 2.31. The zero-order valence-corrected chi connectivity index (χ0v) is 13.3. The molecule has 0 aliphatic rings. The number of hydrogen-bond donors (Lipinski definition) is 2. The van der Waals surface area contributed by atoms with Gasteiger partial charge in [-0.05, 0) is 25.2 Å². The number of para-hydroxylation sites is 1. The Hall–Kier alpha value is -2.02. The molecular weight excluding hydrogens is 288 g/mol. The number of benzene rings is 1. The summed E-state index contributed by atoms with van der Waals surface area (Å²) in [5, 5.41) is 6.95. The first-order chi connectivity index (χ1) is 10.2. The van der Waals surface area contributed by atoms with Crippen LogP contribution in [-0.2, 0) is 13.0 Å². The molecule has 2 N–H and O–H groups in total. The van der Waals surface area contributed by atoms with E-state index in [0.717, 1.165) is 29.3 Å². The van der Waals surface area contributed by atoms with Gasteiger partial charge in [0.25, 0.3) is 0 Å². The number of aromatic amines is 1. The molecule has 0 spiro atoms. The van der Waals surface area contributed by atoms with Crippen LogP contribution in [-0.4, -0.2) is 28.6 Å². The Bertz CT molecular complexity index is 651. The highest BCUT2D eigenvalue weighted by Gasteiger charge is 2.11. The largest absolute Gasteiger partial charge is 0.493 e. The van der Waals surface area contributed by atoms with Gasteiger partial charge in [-0.3, -0.25) is 5.10 Å². The van der Waals surface area contributed by atoms with Crippen molar-refractivity contribution in [1.82, 2.24) is 14.9 Å². The van der Waals surface area contributed by atoms with E-state index >= 15 is 0 Å². The first kappa shape index (κ1) is 15.4. The molecule has 7 heteroatoms. The van der Waals surface area contributed by atoms with Crippen molar-refractivity contribution < 1.29 is 9.47 Å². The summed E-state index contributed by atoms with van der Waals surface area (Å²) in [7, 11) is 1.64. The van der Waals surface area contributed by atoms with Gasteiger partial charge in [-0.25, -0.2) is 4.68 Å². The summed E-state index contributed by atoms with van der Waals surface area (Å²) in [6.07, 6.45) is 0.788. The molecule has 1 aromatic heterocycles. The maximum atomic E-state index is 5.69. The molecule has 21 heavy (non-hydrogen) atoms. The summed E-state index contributed by atoms with van der Waals surface area (Å²) in [5.74, 6) is 2.34. The van der Waals surface area contributed by atoms with Crippen LogP contribution in [0.25, 0.3) is 0 Å². The zero-order chi connectivity index (χ0) is 15.2. The molecule has 0 saturated carbocycles. The molecule has 0 aliphatic carbocycles. The number of methoxy groups -OCH3 is 1. The molecule has 0 fully saturated rings. The minimum atomic E-state index is 0.549. The predicted molar refractivity (Wildman–Crippen MR) is 84.0 cm³/mol. The van der Waals surface area contributed by atoms with Crippen molar-refractivity contribution in [2.75, 3.05) is 19.1 Å². The quantitative estimate of drug-likeness (QED) is 0.770. The molecule has 0 atom stereocenters. The molecular formula is C14H20N4O2S. The first-order valence-electron chi connectivity index (χ1n) is 6.90. The Morgan fingerprint density at radius 3 is 2.86 bits per heavy atom. The number of ether oxygens (including phenoxy) is 2. The summed E-state index contributed by atoms with van der Waals surface area (Å²) in [6, 6.07) is 5.82. The second-order valence-electron chi connectivity index (χ2n) is 4.35. The molecule has 0 bridgehead atoms. The Morgan fingerprint density at radius 2 is 2.19 bits per heavy atom. The van der Waals surface area contributed by atoms with Crippen LogP contribution in [0.1, 0.15) is 25.2 Å². The molecule has 0 unspecified atom stereocenters. The van der Waals surface area contributed by atoms with E-state index in [1.54, 1.807) is 11.8 Å². The van der Waals surface area contributed by atoms with E-state index < -0.39 is 0 Å². The van der Waals surface area contributed by atoms with Crippen LogP contribution in [0.2, 0.25) is 0 Å². The van der Waals surface area contributed by atoms with E-state index in [0.29, 0.717) is 17.9 Å². The lowest BCUT2D eigenvalue weighted by Crippen LogP contribution is -2.18. The third-order valence-corrected chi connectivity index (χ3v) is 3.33. The average Bonchev–Trinajstić information content (AvgIpc) is 2.86. The summed E-state index contributed by atoms with van der Waals surface area (Å²) in [4.78, 5) is 0. The molecule has 0 amide bonds. The van der Waals surface area contributed by atoms with E-state index in [1.807, 2.05) is 32.0 Å². The van der Waals surface area contributed by atoms with Gasteiger partial charge in [0.1, 0.15) is 0 Å². The van der Waals surface area contributed by atoms with Crippen LogP contribution in [0.5, 0.6) is 11.5 Å². The Kier molecular flexibility index (Phi) is 5.21. The molecule has 0 aliphatic heterocycles. The highest BCUT2D eigenvalue weighted by molar-refractivity contribution is 7.71. The van der Waals surface area contributed by atoms with E-state index in [9.17, 15) is 0 Å². The van der Waals surface area contributed by atoms with Crippen LogP contribution in [0.4, 0.5) is 0 Å².